The van der Waals surface area contributed by atoms with Crippen molar-refractivity contribution in [1.82, 2.24) is 10.2 Å². The summed E-state index contributed by atoms with van der Waals surface area (Å²) in [6, 6.07) is 4.59. The van der Waals surface area contributed by atoms with E-state index in [1.807, 2.05) is 6.92 Å². The van der Waals surface area contributed by atoms with Gasteiger partial charge >= 0.3 is 0 Å². The first-order chi connectivity index (χ1) is 6.66. The molecule has 1 heterocycles. The van der Waals surface area contributed by atoms with E-state index >= 15 is 0 Å². The fourth-order valence-corrected chi connectivity index (χ4v) is 1.51. The van der Waals surface area contributed by atoms with E-state index in [4.69, 9.17) is 5.73 Å². The molecule has 74 valence electrons. The van der Waals surface area contributed by atoms with Crippen molar-refractivity contribution in [2.75, 3.05) is 0 Å². The molecule has 3 nitrogen and oxygen atoms in total. The van der Waals surface area contributed by atoms with Crippen molar-refractivity contribution in [3.8, 4) is 0 Å². The van der Waals surface area contributed by atoms with E-state index in [1.165, 1.54) is 12.1 Å². The summed E-state index contributed by atoms with van der Waals surface area (Å²) in [5.74, 6) is -0.246. The van der Waals surface area contributed by atoms with Crippen molar-refractivity contribution < 1.29 is 4.39 Å². The maximum Gasteiger partial charge on any atom is 0.124 e. The Morgan fingerprint density at radius 1 is 1.57 bits per heavy atom. The molecule has 1 aromatic carbocycles. The average Bonchev–Trinajstić information content (AvgIpc) is 2.47. The summed E-state index contributed by atoms with van der Waals surface area (Å²) >= 11 is 0. The van der Waals surface area contributed by atoms with Gasteiger partial charge < -0.3 is 5.73 Å². The molecule has 0 unspecified atom stereocenters. The summed E-state index contributed by atoms with van der Waals surface area (Å²) in [6.45, 7) is 1.91. The van der Waals surface area contributed by atoms with E-state index in [2.05, 4.69) is 10.2 Å². The van der Waals surface area contributed by atoms with Crippen LogP contribution < -0.4 is 5.73 Å². The first-order valence-corrected chi connectivity index (χ1v) is 4.55. The van der Waals surface area contributed by atoms with Gasteiger partial charge in [0, 0.05) is 23.5 Å². The van der Waals surface area contributed by atoms with E-state index in [0.717, 1.165) is 16.6 Å². The van der Waals surface area contributed by atoms with Gasteiger partial charge in [-0.05, 0) is 25.1 Å². The van der Waals surface area contributed by atoms with Gasteiger partial charge in [-0.3, -0.25) is 5.10 Å². The first kappa shape index (κ1) is 9.15. The van der Waals surface area contributed by atoms with Crippen LogP contribution in [0.1, 0.15) is 12.6 Å². The lowest BCUT2D eigenvalue weighted by molar-refractivity contribution is 0.629. The summed E-state index contributed by atoms with van der Waals surface area (Å²) in [5, 5.41) is 7.76. The lowest BCUT2D eigenvalue weighted by Crippen LogP contribution is -2.18. The predicted octanol–water partition coefficient (Wildman–Crippen LogP) is 1.59. The third-order valence-corrected chi connectivity index (χ3v) is 2.12. The minimum absolute atomic E-state index is 0.0434. The third-order valence-electron chi connectivity index (χ3n) is 2.12. The number of nitrogens with one attached hydrogen (secondary N) is 1. The molecule has 4 heteroatoms. The van der Waals surface area contributed by atoms with E-state index in [0.29, 0.717) is 6.42 Å². The Labute approximate surface area is 81.1 Å². The molecular weight excluding hydrogens is 181 g/mol. The summed E-state index contributed by atoms with van der Waals surface area (Å²) < 4.78 is 13.0. The monoisotopic (exact) mass is 193 g/mol. The fraction of sp³-hybridized carbons (Fsp3) is 0.300. The van der Waals surface area contributed by atoms with Crippen molar-refractivity contribution in [2.24, 2.45) is 5.73 Å². The van der Waals surface area contributed by atoms with Crippen molar-refractivity contribution in [3.05, 3.63) is 29.7 Å². The normalized spacial score (nSPS) is 13.4. The predicted molar refractivity (Wildman–Crippen MR) is 53.4 cm³/mol. The van der Waals surface area contributed by atoms with E-state index in [9.17, 15) is 4.39 Å². The van der Waals surface area contributed by atoms with Gasteiger partial charge in [0.25, 0.3) is 0 Å². The van der Waals surface area contributed by atoms with Crippen LogP contribution in [0.4, 0.5) is 4.39 Å². The zero-order chi connectivity index (χ0) is 10.1. The van der Waals surface area contributed by atoms with Crippen LogP contribution in [-0.4, -0.2) is 16.2 Å². The second kappa shape index (κ2) is 3.38. The Morgan fingerprint density at radius 2 is 2.36 bits per heavy atom. The molecular formula is C10H12FN3. The Hall–Kier alpha value is -1.42. The molecule has 0 spiro atoms. The minimum Gasteiger partial charge on any atom is -0.328 e. The van der Waals surface area contributed by atoms with Gasteiger partial charge in [-0.1, -0.05) is 0 Å². The van der Waals surface area contributed by atoms with Gasteiger partial charge in [0.15, 0.2) is 0 Å². The minimum atomic E-state index is -0.246. The van der Waals surface area contributed by atoms with Crippen molar-refractivity contribution in [2.45, 2.75) is 19.4 Å². The maximum atomic E-state index is 13.0. The quantitative estimate of drug-likeness (QED) is 0.761. The van der Waals surface area contributed by atoms with Gasteiger partial charge in [0.1, 0.15) is 5.82 Å². The number of hydrogen-bond donors (Lipinski definition) is 2. The number of benzene rings is 1. The Morgan fingerprint density at radius 3 is 3.07 bits per heavy atom. The van der Waals surface area contributed by atoms with E-state index in [1.54, 1.807) is 6.07 Å². The van der Waals surface area contributed by atoms with Crippen molar-refractivity contribution >= 4 is 10.9 Å². The van der Waals surface area contributed by atoms with Crippen LogP contribution in [0, 0.1) is 5.82 Å². The smallest absolute Gasteiger partial charge is 0.124 e. The molecule has 0 aliphatic carbocycles. The second-order valence-electron chi connectivity index (χ2n) is 3.55. The molecule has 2 rings (SSSR count). The van der Waals surface area contributed by atoms with Crippen LogP contribution in [0.15, 0.2) is 18.2 Å². The van der Waals surface area contributed by atoms with E-state index in [-0.39, 0.29) is 11.9 Å². The molecule has 0 fully saturated rings. The van der Waals surface area contributed by atoms with Crippen LogP contribution in [0.5, 0.6) is 0 Å². The van der Waals surface area contributed by atoms with Gasteiger partial charge in [0.2, 0.25) is 0 Å². The highest BCUT2D eigenvalue weighted by Crippen LogP contribution is 2.17. The summed E-state index contributed by atoms with van der Waals surface area (Å²) in [6.07, 6.45) is 0.681. The highest BCUT2D eigenvalue weighted by atomic mass is 19.1. The van der Waals surface area contributed by atoms with Gasteiger partial charge in [0.05, 0.1) is 5.52 Å². The van der Waals surface area contributed by atoms with Gasteiger partial charge in [-0.25, -0.2) is 4.39 Å². The molecule has 0 amide bonds. The van der Waals surface area contributed by atoms with Crippen molar-refractivity contribution in [1.29, 1.82) is 0 Å². The van der Waals surface area contributed by atoms with Crippen molar-refractivity contribution in [3.63, 3.8) is 0 Å². The highest BCUT2D eigenvalue weighted by Gasteiger charge is 2.07. The number of nitrogens with zero attached hydrogens (tertiary/aromatic N) is 1. The van der Waals surface area contributed by atoms with Crippen LogP contribution in [-0.2, 0) is 6.42 Å². The lowest BCUT2D eigenvalue weighted by Gasteiger charge is -2.01. The standard InChI is InChI=1S/C10H12FN3/c1-6(12)4-10-8-5-7(11)2-3-9(8)13-14-10/h2-3,5-6H,4,12H2,1H3,(H,13,14)/t6-/m1/s1. The molecule has 0 aliphatic rings. The Balaban J connectivity index is 2.50. The SMILES string of the molecule is C[C@@H](N)Cc1[nH]nc2ccc(F)cc12. The van der Waals surface area contributed by atoms with Crippen LogP contribution in [0.25, 0.3) is 10.9 Å². The molecule has 0 saturated carbocycles. The number of aromatic amines is 1. The number of nitrogens with two attached hydrogens (primary N) is 1. The van der Waals surface area contributed by atoms with E-state index < -0.39 is 0 Å². The third kappa shape index (κ3) is 1.61. The largest absolute Gasteiger partial charge is 0.328 e. The van der Waals surface area contributed by atoms with Gasteiger partial charge in [-0.15, -0.1) is 0 Å². The Kier molecular flexibility index (Phi) is 2.21. The fourth-order valence-electron chi connectivity index (χ4n) is 1.51. The molecule has 1 atom stereocenters. The maximum absolute atomic E-state index is 13.0. The molecule has 1 aromatic heterocycles. The second-order valence-corrected chi connectivity index (χ2v) is 3.55. The zero-order valence-electron chi connectivity index (χ0n) is 7.92. The zero-order valence-corrected chi connectivity index (χ0v) is 7.92. The molecule has 14 heavy (non-hydrogen) atoms. The number of aromatic nitrogens is 2. The Bertz CT molecular complexity index is 448. The highest BCUT2D eigenvalue weighted by molar-refractivity contribution is 5.81. The summed E-state index contributed by atoms with van der Waals surface area (Å²) in [4.78, 5) is 0. The number of rotatable bonds is 2. The molecule has 0 aliphatic heterocycles. The topological polar surface area (TPSA) is 54.7 Å². The van der Waals surface area contributed by atoms with Crippen LogP contribution >= 0.6 is 0 Å². The number of H-pyrrole nitrogens is 1. The molecule has 0 bridgehead atoms. The van der Waals surface area contributed by atoms with Crippen LogP contribution in [0.2, 0.25) is 0 Å². The molecule has 3 N–H and O–H groups in total. The molecule has 2 aromatic rings. The van der Waals surface area contributed by atoms with Gasteiger partial charge in [-0.2, -0.15) is 5.10 Å². The molecule has 0 radical (unpaired) electrons. The van der Waals surface area contributed by atoms with Crippen LogP contribution in [0.3, 0.4) is 0 Å². The molecule has 0 saturated heterocycles. The average molecular weight is 193 g/mol. The summed E-state index contributed by atoms with van der Waals surface area (Å²) in [5.41, 5.74) is 7.35. The first-order valence-electron chi connectivity index (χ1n) is 4.55. The number of fused-ring (bicyclic) bond motifs is 1. The summed E-state index contributed by atoms with van der Waals surface area (Å²) in [7, 11) is 0. The lowest BCUT2D eigenvalue weighted by atomic mass is 10.1. The number of hydrogen-bond acceptors (Lipinski definition) is 2. The number of halogens is 1.